The van der Waals surface area contributed by atoms with Gasteiger partial charge in [-0.2, -0.15) is 0 Å². The van der Waals surface area contributed by atoms with Gasteiger partial charge >= 0.3 is 0 Å². The Kier molecular flexibility index (Phi) is 2.44. The Hall–Kier alpha value is -1.35. The van der Waals surface area contributed by atoms with E-state index in [1.54, 1.807) is 0 Å². The zero-order chi connectivity index (χ0) is 12.0. The highest BCUT2D eigenvalue weighted by Gasteiger charge is 2.53. The lowest BCUT2D eigenvalue weighted by molar-refractivity contribution is 0.0946. The van der Waals surface area contributed by atoms with Crippen molar-refractivity contribution < 1.29 is 4.79 Å². The van der Waals surface area contributed by atoms with Gasteiger partial charge in [-0.3, -0.25) is 4.79 Å². The van der Waals surface area contributed by atoms with Gasteiger partial charge in [0.1, 0.15) is 0 Å². The fourth-order valence-electron chi connectivity index (χ4n) is 2.84. The first kappa shape index (κ1) is 10.8. The third-order valence-electron chi connectivity index (χ3n) is 4.03. The van der Waals surface area contributed by atoms with Gasteiger partial charge in [0.15, 0.2) is 0 Å². The van der Waals surface area contributed by atoms with Crippen molar-refractivity contribution in [3.8, 4) is 0 Å². The lowest BCUT2D eigenvalue weighted by atomic mass is 10.1. The van der Waals surface area contributed by atoms with Crippen LogP contribution in [0.5, 0.6) is 0 Å². The average Bonchev–Trinajstić information content (AvgIpc) is 2.76. The van der Waals surface area contributed by atoms with Gasteiger partial charge < -0.3 is 10.6 Å². The van der Waals surface area contributed by atoms with Gasteiger partial charge in [0.2, 0.25) is 0 Å². The van der Waals surface area contributed by atoms with E-state index in [1.807, 2.05) is 32.0 Å². The van der Waals surface area contributed by atoms with Gasteiger partial charge in [-0.1, -0.05) is 17.7 Å². The fourth-order valence-corrected chi connectivity index (χ4v) is 2.84. The molecular weight excluding hydrogens is 212 g/mol. The summed E-state index contributed by atoms with van der Waals surface area (Å²) in [5.74, 6) is 1.43. The van der Waals surface area contributed by atoms with E-state index in [1.165, 1.54) is 0 Å². The van der Waals surface area contributed by atoms with Crippen LogP contribution in [-0.4, -0.2) is 25.0 Å². The summed E-state index contributed by atoms with van der Waals surface area (Å²) in [4.78, 5) is 12.2. The fraction of sp³-hybridized carbons (Fsp3) is 0.500. The predicted molar refractivity (Wildman–Crippen MR) is 67.0 cm³/mol. The maximum absolute atomic E-state index is 12.2. The molecule has 0 aromatic heterocycles. The largest absolute Gasteiger partial charge is 0.349 e. The first-order valence-electron chi connectivity index (χ1n) is 6.25. The molecule has 2 unspecified atom stereocenters. The van der Waals surface area contributed by atoms with Crippen molar-refractivity contribution in [1.82, 2.24) is 10.6 Å². The predicted octanol–water partition coefficient (Wildman–Crippen LogP) is 1.25. The van der Waals surface area contributed by atoms with Gasteiger partial charge in [0.05, 0.1) is 0 Å². The van der Waals surface area contributed by atoms with Crippen LogP contribution in [0.4, 0.5) is 0 Å². The molecule has 0 radical (unpaired) electrons. The van der Waals surface area contributed by atoms with E-state index in [4.69, 9.17) is 0 Å². The first-order valence-corrected chi connectivity index (χ1v) is 6.25. The number of hydrogen-bond donors (Lipinski definition) is 2. The molecule has 3 heteroatoms. The Morgan fingerprint density at radius 3 is 2.71 bits per heavy atom. The van der Waals surface area contributed by atoms with Crippen LogP contribution in [0.2, 0.25) is 0 Å². The standard InChI is InChI=1S/C14H18N2O/c1-8-3-4-9(2)10(5-8)14(17)16-13-11-6-15-7-12(11)13/h3-5,11-13,15H,6-7H2,1-2H3,(H,16,17). The number of hydrogen-bond acceptors (Lipinski definition) is 2. The van der Waals surface area contributed by atoms with Crippen LogP contribution in [0.15, 0.2) is 18.2 Å². The molecule has 3 nitrogen and oxygen atoms in total. The number of rotatable bonds is 2. The van der Waals surface area contributed by atoms with E-state index < -0.39 is 0 Å². The highest BCUT2D eigenvalue weighted by molar-refractivity contribution is 5.96. The third kappa shape index (κ3) is 1.84. The molecule has 2 N–H and O–H groups in total. The number of aryl methyl sites for hydroxylation is 2. The molecule has 1 aromatic carbocycles. The number of carbonyl (C=O) groups excluding carboxylic acids is 1. The van der Waals surface area contributed by atoms with Crippen LogP contribution in [0.3, 0.4) is 0 Å². The molecule has 1 amide bonds. The summed E-state index contributed by atoms with van der Waals surface area (Å²) in [5, 5.41) is 6.50. The van der Waals surface area contributed by atoms with Crippen molar-refractivity contribution in [2.45, 2.75) is 19.9 Å². The van der Waals surface area contributed by atoms with Gasteiger partial charge in [-0.05, 0) is 37.3 Å². The Morgan fingerprint density at radius 1 is 1.29 bits per heavy atom. The minimum absolute atomic E-state index is 0.0885. The third-order valence-corrected chi connectivity index (χ3v) is 4.03. The summed E-state index contributed by atoms with van der Waals surface area (Å²) < 4.78 is 0. The van der Waals surface area contributed by atoms with E-state index in [0.717, 1.165) is 29.8 Å². The van der Waals surface area contributed by atoms with Crippen molar-refractivity contribution in [3.63, 3.8) is 0 Å². The van der Waals surface area contributed by atoms with Crippen molar-refractivity contribution in [2.75, 3.05) is 13.1 Å². The molecule has 0 spiro atoms. The van der Waals surface area contributed by atoms with Crippen molar-refractivity contribution in [1.29, 1.82) is 0 Å². The maximum atomic E-state index is 12.2. The quantitative estimate of drug-likeness (QED) is 0.803. The van der Waals surface area contributed by atoms with Gasteiger partial charge in [0.25, 0.3) is 5.91 Å². The molecule has 1 saturated carbocycles. The highest BCUT2D eigenvalue weighted by Crippen LogP contribution is 2.41. The highest BCUT2D eigenvalue weighted by atomic mass is 16.1. The minimum atomic E-state index is 0.0885. The molecule has 2 atom stereocenters. The van der Waals surface area contributed by atoms with Crippen molar-refractivity contribution in [2.24, 2.45) is 11.8 Å². The van der Waals surface area contributed by atoms with Gasteiger partial charge in [0, 0.05) is 24.7 Å². The number of nitrogens with one attached hydrogen (secondary N) is 2. The zero-order valence-corrected chi connectivity index (χ0v) is 10.3. The maximum Gasteiger partial charge on any atom is 0.251 e. The number of amides is 1. The first-order chi connectivity index (χ1) is 8.16. The number of piperidine rings is 1. The molecule has 2 fully saturated rings. The molecular formula is C14H18N2O. The summed E-state index contributed by atoms with van der Waals surface area (Å²) >= 11 is 0. The van der Waals surface area contributed by atoms with E-state index >= 15 is 0 Å². The van der Waals surface area contributed by atoms with Crippen LogP contribution in [0.25, 0.3) is 0 Å². The second kappa shape index (κ2) is 3.84. The molecule has 0 bridgehead atoms. The molecule has 17 heavy (non-hydrogen) atoms. The molecule has 1 saturated heterocycles. The van der Waals surface area contributed by atoms with Crippen molar-refractivity contribution >= 4 is 5.91 Å². The van der Waals surface area contributed by atoms with E-state index in [2.05, 4.69) is 10.6 Å². The number of benzene rings is 1. The summed E-state index contributed by atoms with van der Waals surface area (Å²) in [6.45, 7) is 6.13. The summed E-state index contributed by atoms with van der Waals surface area (Å²) in [7, 11) is 0. The summed E-state index contributed by atoms with van der Waals surface area (Å²) in [6.07, 6.45) is 0. The van der Waals surface area contributed by atoms with Gasteiger partial charge in [-0.15, -0.1) is 0 Å². The second-order valence-corrected chi connectivity index (χ2v) is 5.30. The van der Waals surface area contributed by atoms with E-state index in [0.29, 0.717) is 17.9 Å². The Morgan fingerprint density at radius 2 is 2.00 bits per heavy atom. The molecule has 1 heterocycles. The smallest absolute Gasteiger partial charge is 0.251 e. The van der Waals surface area contributed by atoms with E-state index in [9.17, 15) is 4.79 Å². The zero-order valence-electron chi connectivity index (χ0n) is 10.3. The Bertz CT molecular complexity index is 459. The monoisotopic (exact) mass is 230 g/mol. The van der Waals surface area contributed by atoms with Crippen LogP contribution in [0.1, 0.15) is 21.5 Å². The lowest BCUT2D eigenvalue weighted by Crippen LogP contribution is -2.32. The van der Waals surface area contributed by atoms with Crippen LogP contribution < -0.4 is 10.6 Å². The second-order valence-electron chi connectivity index (χ2n) is 5.30. The molecule has 1 aliphatic heterocycles. The van der Waals surface area contributed by atoms with Crippen LogP contribution in [-0.2, 0) is 0 Å². The van der Waals surface area contributed by atoms with E-state index in [-0.39, 0.29) is 5.91 Å². The topological polar surface area (TPSA) is 41.1 Å². The molecule has 90 valence electrons. The summed E-state index contributed by atoms with van der Waals surface area (Å²) in [6, 6.07) is 6.44. The Labute approximate surface area is 102 Å². The summed E-state index contributed by atoms with van der Waals surface area (Å²) in [5.41, 5.74) is 3.01. The molecule has 1 aromatic rings. The number of fused-ring (bicyclic) bond motifs is 1. The molecule has 2 aliphatic rings. The molecule has 3 rings (SSSR count). The minimum Gasteiger partial charge on any atom is -0.349 e. The van der Waals surface area contributed by atoms with Crippen LogP contribution in [0, 0.1) is 25.7 Å². The average molecular weight is 230 g/mol. The van der Waals surface area contributed by atoms with Crippen molar-refractivity contribution in [3.05, 3.63) is 34.9 Å². The normalized spacial score (nSPS) is 29.9. The Balaban J connectivity index is 1.72. The number of carbonyl (C=O) groups is 1. The SMILES string of the molecule is Cc1ccc(C)c(C(=O)NC2C3CNCC32)c1. The van der Waals surface area contributed by atoms with Gasteiger partial charge in [-0.25, -0.2) is 0 Å². The lowest BCUT2D eigenvalue weighted by Gasteiger charge is -2.10. The van der Waals surface area contributed by atoms with Crippen LogP contribution >= 0.6 is 0 Å². The molecule has 1 aliphatic carbocycles.